The van der Waals surface area contributed by atoms with Gasteiger partial charge >= 0.3 is 0 Å². The Labute approximate surface area is 116 Å². The van der Waals surface area contributed by atoms with Crippen LogP contribution in [0.3, 0.4) is 0 Å². The van der Waals surface area contributed by atoms with E-state index in [0.717, 1.165) is 30.8 Å². The van der Waals surface area contributed by atoms with Crippen LogP contribution in [0, 0.1) is 17.8 Å². The number of nitrogens with zero attached hydrogens (tertiary/aromatic N) is 1. The predicted molar refractivity (Wildman–Crippen MR) is 81.2 cm³/mol. The number of anilines is 1. The Bertz CT molecular complexity index is 464. The molecule has 2 aliphatic rings. The van der Waals surface area contributed by atoms with Gasteiger partial charge in [0.15, 0.2) is 0 Å². The maximum atomic E-state index is 3.68. The maximum Gasteiger partial charge on any atom is 0.0385 e. The van der Waals surface area contributed by atoms with Crippen LogP contribution in [0.15, 0.2) is 36.4 Å². The molecule has 2 bridgehead atoms. The summed E-state index contributed by atoms with van der Waals surface area (Å²) >= 11 is 0. The molecule has 1 fully saturated rings. The van der Waals surface area contributed by atoms with Crippen LogP contribution < -0.4 is 5.32 Å². The molecule has 19 heavy (non-hydrogen) atoms. The molecule has 3 unspecified atom stereocenters. The highest BCUT2D eigenvalue weighted by Gasteiger charge is 2.35. The summed E-state index contributed by atoms with van der Waals surface area (Å²) < 4.78 is 0. The maximum absolute atomic E-state index is 3.68. The molecule has 0 amide bonds. The average molecular weight is 256 g/mol. The Balaban J connectivity index is 1.62. The first-order valence-corrected chi connectivity index (χ1v) is 7.37. The smallest absolute Gasteiger partial charge is 0.0385 e. The van der Waals surface area contributed by atoms with E-state index in [4.69, 9.17) is 0 Å². The fourth-order valence-electron chi connectivity index (χ4n) is 3.54. The van der Waals surface area contributed by atoms with Crippen LogP contribution in [0.4, 0.5) is 5.69 Å². The SMILES string of the molecule is CN(C)Cc1ccccc1NCC1CC2C=CC1C2. The van der Waals surface area contributed by atoms with Gasteiger partial charge in [0.25, 0.3) is 0 Å². The molecule has 0 heterocycles. The van der Waals surface area contributed by atoms with Crippen molar-refractivity contribution in [3.8, 4) is 0 Å². The van der Waals surface area contributed by atoms with Crippen molar-refractivity contribution >= 4 is 5.69 Å². The molecule has 3 atom stereocenters. The zero-order valence-electron chi connectivity index (χ0n) is 12.0. The number of allylic oxidation sites excluding steroid dienone is 2. The third-order valence-electron chi connectivity index (χ3n) is 4.48. The molecule has 2 heteroatoms. The van der Waals surface area contributed by atoms with Gasteiger partial charge < -0.3 is 10.2 Å². The number of para-hydroxylation sites is 1. The van der Waals surface area contributed by atoms with Crippen LogP contribution in [0.2, 0.25) is 0 Å². The third kappa shape index (κ3) is 2.84. The predicted octanol–water partition coefficient (Wildman–Crippen LogP) is 3.37. The number of rotatable bonds is 5. The monoisotopic (exact) mass is 256 g/mol. The molecule has 2 nitrogen and oxygen atoms in total. The lowest BCUT2D eigenvalue weighted by atomic mass is 9.93. The molecular formula is C17H24N2. The van der Waals surface area contributed by atoms with Crippen LogP contribution in [0.1, 0.15) is 18.4 Å². The lowest BCUT2D eigenvalue weighted by molar-refractivity contribution is 0.402. The number of fused-ring (bicyclic) bond motifs is 2. The van der Waals surface area contributed by atoms with Gasteiger partial charge in [0, 0.05) is 18.8 Å². The summed E-state index contributed by atoms with van der Waals surface area (Å²) in [6.45, 7) is 2.12. The molecule has 0 aliphatic heterocycles. The van der Waals surface area contributed by atoms with E-state index in [1.54, 1.807) is 0 Å². The van der Waals surface area contributed by atoms with Crippen molar-refractivity contribution in [2.75, 3.05) is 26.0 Å². The Morgan fingerprint density at radius 3 is 2.68 bits per heavy atom. The van der Waals surface area contributed by atoms with Crippen molar-refractivity contribution in [1.82, 2.24) is 4.90 Å². The van der Waals surface area contributed by atoms with Crippen LogP contribution in [0.5, 0.6) is 0 Å². The van der Waals surface area contributed by atoms with E-state index in [-0.39, 0.29) is 0 Å². The largest absolute Gasteiger partial charge is 0.384 e. The molecule has 0 aromatic heterocycles. The first-order chi connectivity index (χ1) is 9.22. The summed E-state index contributed by atoms with van der Waals surface area (Å²) in [4.78, 5) is 2.22. The van der Waals surface area contributed by atoms with E-state index in [1.165, 1.54) is 24.1 Å². The molecular weight excluding hydrogens is 232 g/mol. The van der Waals surface area contributed by atoms with E-state index >= 15 is 0 Å². The van der Waals surface area contributed by atoms with Gasteiger partial charge in [-0.15, -0.1) is 0 Å². The van der Waals surface area contributed by atoms with E-state index < -0.39 is 0 Å². The van der Waals surface area contributed by atoms with Crippen molar-refractivity contribution in [1.29, 1.82) is 0 Å². The first-order valence-electron chi connectivity index (χ1n) is 7.37. The highest BCUT2D eigenvalue weighted by atomic mass is 15.1. The normalized spacial score (nSPS) is 28.3. The van der Waals surface area contributed by atoms with Gasteiger partial charge in [-0.05, 0) is 56.3 Å². The van der Waals surface area contributed by atoms with Gasteiger partial charge in [0.05, 0.1) is 0 Å². The highest BCUT2D eigenvalue weighted by Crippen LogP contribution is 2.43. The second-order valence-electron chi connectivity index (χ2n) is 6.32. The average Bonchev–Trinajstić information content (AvgIpc) is 2.99. The van der Waals surface area contributed by atoms with Gasteiger partial charge in [0.2, 0.25) is 0 Å². The third-order valence-corrected chi connectivity index (χ3v) is 4.48. The van der Waals surface area contributed by atoms with Gasteiger partial charge in [-0.2, -0.15) is 0 Å². The number of nitrogens with one attached hydrogen (secondary N) is 1. The second-order valence-corrected chi connectivity index (χ2v) is 6.32. The van der Waals surface area contributed by atoms with Gasteiger partial charge in [0.1, 0.15) is 0 Å². The zero-order chi connectivity index (χ0) is 13.2. The minimum Gasteiger partial charge on any atom is -0.384 e. The Hall–Kier alpha value is -1.28. The molecule has 1 aromatic carbocycles. The fraction of sp³-hybridized carbons (Fsp3) is 0.529. The fourth-order valence-corrected chi connectivity index (χ4v) is 3.54. The standard InChI is InChI=1S/C17H24N2/c1-19(2)12-15-5-3-4-6-17(15)18-11-16-10-13-7-8-14(16)9-13/h3-8,13-14,16,18H,9-12H2,1-2H3. The number of benzene rings is 1. The highest BCUT2D eigenvalue weighted by molar-refractivity contribution is 5.51. The van der Waals surface area contributed by atoms with Crippen molar-refractivity contribution in [3.63, 3.8) is 0 Å². The zero-order valence-corrected chi connectivity index (χ0v) is 12.0. The van der Waals surface area contributed by atoms with Crippen molar-refractivity contribution < 1.29 is 0 Å². The molecule has 0 spiro atoms. The topological polar surface area (TPSA) is 15.3 Å². The van der Waals surface area contributed by atoms with Crippen LogP contribution in [0.25, 0.3) is 0 Å². The van der Waals surface area contributed by atoms with E-state index in [1.807, 2.05) is 0 Å². The van der Waals surface area contributed by atoms with Gasteiger partial charge in [-0.1, -0.05) is 30.4 Å². The molecule has 1 N–H and O–H groups in total. The Kier molecular flexibility index (Phi) is 3.61. The van der Waals surface area contributed by atoms with Crippen molar-refractivity contribution in [2.45, 2.75) is 19.4 Å². The lowest BCUT2D eigenvalue weighted by Gasteiger charge is -2.21. The summed E-state index contributed by atoms with van der Waals surface area (Å²) in [7, 11) is 4.25. The van der Waals surface area contributed by atoms with Crippen LogP contribution >= 0.6 is 0 Å². The molecule has 1 saturated carbocycles. The minimum absolute atomic E-state index is 0.832. The summed E-state index contributed by atoms with van der Waals surface area (Å²) in [5, 5.41) is 3.68. The Morgan fingerprint density at radius 1 is 1.16 bits per heavy atom. The van der Waals surface area contributed by atoms with E-state index in [2.05, 4.69) is 60.7 Å². The van der Waals surface area contributed by atoms with Crippen molar-refractivity contribution in [3.05, 3.63) is 42.0 Å². The summed E-state index contributed by atoms with van der Waals surface area (Å²) in [5.74, 6) is 2.54. The summed E-state index contributed by atoms with van der Waals surface area (Å²) in [5.41, 5.74) is 2.70. The molecule has 1 aromatic rings. The van der Waals surface area contributed by atoms with E-state index in [9.17, 15) is 0 Å². The summed E-state index contributed by atoms with van der Waals surface area (Å²) in [6.07, 6.45) is 7.63. The van der Waals surface area contributed by atoms with Crippen LogP contribution in [-0.2, 0) is 6.54 Å². The van der Waals surface area contributed by atoms with Crippen molar-refractivity contribution in [2.24, 2.45) is 17.8 Å². The summed E-state index contributed by atoms with van der Waals surface area (Å²) in [6, 6.07) is 8.69. The van der Waals surface area contributed by atoms with E-state index in [0.29, 0.717) is 0 Å². The molecule has 0 saturated heterocycles. The second kappa shape index (κ2) is 5.38. The lowest BCUT2D eigenvalue weighted by Crippen LogP contribution is -2.20. The number of hydrogen-bond donors (Lipinski definition) is 1. The molecule has 2 aliphatic carbocycles. The minimum atomic E-state index is 0.832. The van der Waals surface area contributed by atoms with Gasteiger partial charge in [-0.25, -0.2) is 0 Å². The molecule has 0 radical (unpaired) electrons. The molecule has 102 valence electrons. The van der Waals surface area contributed by atoms with Crippen LogP contribution in [-0.4, -0.2) is 25.5 Å². The first kappa shape index (κ1) is 12.7. The Morgan fingerprint density at radius 2 is 2.00 bits per heavy atom. The molecule has 3 rings (SSSR count). The van der Waals surface area contributed by atoms with Gasteiger partial charge in [-0.3, -0.25) is 0 Å². The number of hydrogen-bond acceptors (Lipinski definition) is 2. The quantitative estimate of drug-likeness (QED) is 0.813.